The van der Waals surface area contributed by atoms with E-state index < -0.39 is 0 Å². The van der Waals surface area contributed by atoms with Crippen molar-refractivity contribution in [3.63, 3.8) is 0 Å². The Kier molecular flexibility index (Phi) is 5.23. The normalized spacial score (nSPS) is 23.7. The molecule has 0 amide bonds. The van der Waals surface area contributed by atoms with E-state index in [1.807, 2.05) is 30.6 Å². The molecule has 6 nitrogen and oxygen atoms in total. The molecule has 7 heteroatoms. The maximum absolute atomic E-state index is 5.95. The number of rotatable bonds is 5. The molecule has 3 aromatic heterocycles. The van der Waals surface area contributed by atoms with Gasteiger partial charge < -0.3 is 19.5 Å². The van der Waals surface area contributed by atoms with Crippen molar-refractivity contribution < 1.29 is 4.74 Å². The molecule has 30 heavy (non-hydrogen) atoms. The highest BCUT2D eigenvalue weighted by Crippen LogP contribution is 2.40. The molecule has 0 aromatic carbocycles. The minimum absolute atomic E-state index is 0.00510. The Morgan fingerprint density at radius 1 is 1.17 bits per heavy atom. The highest BCUT2D eigenvalue weighted by Gasteiger charge is 2.42. The van der Waals surface area contributed by atoms with E-state index in [4.69, 9.17) is 17.0 Å². The van der Waals surface area contributed by atoms with E-state index in [1.165, 1.54) is 5.69 Å². The van der Waals surface area contributed by atoms with Gasteiger partial charge >= 0.3 is 0 Å². The number of ether oxygens (including phenoxy) is 1. The molecular weight excluding hydrogens is 394 g/mol. The highest BCUT2D eigenvalue weighted by atomic mass is 32.1. The Labute approximate surface area is 181 Å². The fraction of sp³-hybridized carbons (Fsp3) is 0.348. The van der Waals surface area contributed by atoms with E-state index in [0.717, 1.165) is 48.2 Å². The number of hydrogen-bond acceptors (Lipinski definition) is 4. The monoisotopic (exact) mass is 419 g/mol. The van der Waals surface area contributed by atoms with Gasteiger partial charge in [0.25, 0.3) is 0 Å². The molecule has 154 valence electrons. The largest absolute Gasteiger partial charge is 0.376 e. The van der Waals surface area contributed by atoms with Gasteiger partial charge in [0, 0.05) is 36.9 Å². The van der Waals surface area contributed by atoms with Crippen LogP contribution in [-0.4, -0.2) is 43.8 Å². The van der Waals surface area contributed by atoms with Crippen molar-refractivity contribution in [1.82, 2.24) is 24.8 Å². The van der Waals surface area contributed by atoms with Gasteiger partial charge in [-0.25, -0.2) is 0 Å². The van der Waals surface area contributed by atoms with Crippen LogP contribution in [0, 0.1) is 6.92 Å². The van der Waals surface area contributed by atoms with Crippen LogP contribution in [0.5, 0.6) is 0 Å². The first kappa shape index (κ1) is 19.2. The van der Waals surface area contributed by atoms with Crippen LogP contribution in [0.15, 0.2) is 61.1 Å². The van der Waals surface area contributed by atoms with Crippen LogP contribution in [0.25, 0.3) is 5.69 Å². The lowest BCUT2D eigenvalue weighted by atomic mass is 10.0. The van der Waals surface area contributed by atoms with Gasteiger partial charge in [0.2, 0.25) is 0 Å². The average Bonchev–Trinajstić information content (AvgIpc) is 3.50. The zero-order valence-corrected chi connectivity index (χ0v) is 17.8. The molecule has 3 aromatic rings. The van der Waals surface area contributed by atoms with Crippen molar-refractivity contribution in [1.29, 1.82) is 0 Å². The average molecular weight is 420 g/mol. The second kappa shape index (κ2) is 8.16. The molecule has 3 atom stereocenters. The van der Waals surface area contributed by atoms with Gasteiger partial charge in [-0.3, -0.25) is 9.97 Å². The topological polar surface area (TPSA) is 55.2 Å². The van der Waals surface area contributed by atoms with Crippen molar-refractivity contribution in [2.45, 2.75) is 38.0 Å². The van der Waals surface area contributed by atoms with Gasteiger partial charge in [-0.15, -0.1) is 0 Å². The molecule has 0 aliphatic carbocycles. The molecule has 2 aliphatic heterocycles. The minimum Gasteiger partial charge on any atom is -0.376 e. The third-order valence-electron chi connectivity index (χ3n) is 5.94. The molecule has 0 bridgehead atoms. The lowest BCUT2D eigenvalue weighted by Gasteiger charge is -2.30. The Morgan fingerprint density at radius 2 is 2.10 bits per heavy atom. The van der Waals surface area contributed by atoms with Crippen molar-refractivity contribution in [3.8, 4) is 5.69 Å². The summed E-state index contributed by atoms with van der Waals surface area (Å²) < 4.78 is 8.22. The molecule has 0 radical (unpaired) electrons. The predicted octanol–water partition coefficient (Wildman–Crippen LogP) is 3.73. The maximum Gasteiger partial charge on any atom is 0.170 e. The van der Waals surface area contributed by atoms with Crippen molar-refractivity contribution in [3.05, 3.63) is 78.1 Å². The summed E-state index contributed by atoms with van der Waals surface area (Å²) in [4.78, 5) is 11.3. The maximum atomic E-state index is 5.95. The Bertz CT molecular complexity index is 1020. The lowest BCUT2D eigenvalue weighted by Crippen LogP contribution is -2.36. The predicted molar refractivity (Wildman–Crippen MR) is 119 cm³/mol. The summed E-state index contributed by atoms with van der Waals surface area (Å²) >= 11 is 5.81. The van der Waals surface area contributed by atoms with Gasteiger partial charge in [-0.1, -0.05) is 6.07 Å². The Balaban J connectivity index is 1.60. The Morgan fingerprint density at radius 3 is 2.83 bits per heavy atom. The van der Waals surface area contributed by atoms with E-state index in [1.54, 1.807) is 6.20 Å². The standard InChI is InChI=1S/C23H25N5OS/c1-16-9-10-20(28(16)17-6-4-11-24-14-17)22-21(19-8-2-3-12-25-19)26-23(30)27(22)15-18-7-5-13-29-18/h2-4,6,8-12,14,18,21-22H,5,7,13,15H2,1H3,(H,26,30)/t18-,21-,22-/m0/s1. The first-order valence-corrected chi connectivity index (χ1v) is 10.8. The summed E-state index contributed by atoms with van der Waals surface area (Å²) in [5.74, 6) is 0. The fourth-order valence-corrected chi connectivity index (χ4v) is 4.87. The number of nitrogens with one attached hydrogen (secondary N) is 1. The third-order valence-corrected chi connectivity index (χ3v) is 6.29. The van der Waals surface area contributed by atoms with Gasteiger partial charge in [-0.2, -0.15) is 0 Å². The number of thiocarbonyl (C=S) groups is 1. The van der Waals surface area contributed by atoms with E-state index in [-0.39, 0.29) is 18.2 Å². The summed E-state index contributed by atoms with van der Waals surface area (Å²) in [6.07, 6.45) is 7.93. The highest BCUT2D eigenvalue weighted by molar-refractivity contribution is 7.80. The number of aromatic nitrogens is 3. The van der Waals surface area contributed by atoms with Crippen molar-refractivity contribution in [2.24, 2.45) is 0 Å². The summed E-state index contributed by atoms with van der Waals surface area (Å²) in [5, 5.41) is 4.29. The zero-order chi connectivity index (χ0) is 20.5. The number of pyridine rings is 2. The first-order valence-electron chi connectivity index (χ1n) is 10.4. The van der Waals surface area contributed by atoms with E-state index in [9.17, 15) is 0 Å². The smallest absolute Gasteiger partial charge is 0.170 e. The lowest BCUT2D eigenvalue weighted by molar-refractivity contribution is 0.0836. The van der Waals surface area contributed by atoms with Crippen LogP contribution in [0.1, 0.15) is 42.0 Å². The quantitative estimate of drug-likeness (QED) is 0.636. The van der Waals surface area contributed by atoms with Crippen LogP contribution >= 0.6 is 12.2 Å². The molecular formula is C23H25N5OS. The fourth-order valence-electron chi connectivity index (χ4n) is 4.56. The van der Waals surface area contributed by atoms with Crippen LogP contribution in [0.3, 0.4) is 0 Å². The summed E-state index contributed by atoms with van der Waals surface area (Å²) in [6, 6.07) is 14.4. The second-order valence-corrected chi connectivity index (χ2v) is 8.25. The van der Waals surface area contributed by atoms with Gasteiger partial charge in [0.1, 0.15) is 0 Å². The molecule has 2 fully saturated rings. The first-order chi connectivity index (χ1) is 14.7. The van der Waals surface area contributed by atoms with Crippen LogP contribution in [0.2, 0.25) is 0 Å². The summed E-state index contributed by atoms with van der Waals surface area (Å²) in [6.45, 7) is 3.73. The number of nitrogens with zero attached hydrogens (tertiary/aromatic N) is 4. The Hall–Kier alpha value is -2.77. The molecule has 0 unspecified atom stereocenters. The molecule has 2 aliphatic rings. The molecule has 1 N–H and O–H groups in total. The van der Waals surface area contributed by atoms with Crippen LogP contribution in [-0.2, 0) is 4.74 Å². The van der Waals surface area contributed by atoms with Crippen molar-refractivity contribution >= 4 is 17.3 Å². The molecule has 0 spiro atoms. The van der Waals surface area contributed by atoms with E-state index in [2.05, 4.69) is 55.9 Å². The van der Waals surface area contributed by atoms with E-state index >= 15 is 0 Å². The number of hydrogen-bond donors (Lipinski definition) is 1. The second-order valence-electron chi connectivity index (χ2n) is 7.86. The van der Waals surface area contributed by atoms with Gasteiger partial charge in [-0.05, 0) is 68.4 Å². The minimum atomic E-state index is -0.0372. The van der Waals surface area contributed by atoms with Gasteiger partial charge in [0.15, 0.2) is 5.11 Å². The SMILES string of the molecule is Cc1ccc([C@H]2[C@H](c3ccccn3)NC(=S)N2C[C@@H]2CCCO2)n1-c1cccnc1. The summed E-state index contributed by atoms with van der Waals surface area (Å²) in [5.41, 5.74) is 4.36. The zero-order valence-electron chi connectivity index (χ0n) is 16.9. The molecule has 2 saturated heterocycles. The number of aryl methyl sites for hydroxylation is 1. The molecule has 0 saturated carbocycles. The third kappa shape index (κ3) is 3.48. The van der Waals surface area contributed by atoms with Crippen LogP contribution in [0.4, 0.5) is 0 Å². The van der Waals surface area contributed by atoms with Gasteiger partial charge in [0.05, 0.1) is 35.8 Å². The summed E-state index contributed by atoms with van der Waals surface area (Å²) in [7, 11) is 0. The molecule has 5 heterocycles. The van der Waals surface area contributed by atoms with E-state index in [0.29, 0.717) is 0 Å². The van der Waals surface area contributed by atoms with Crippen LogP contribution < -0.4 is 5.32 Å². The van der Waals surface area contributed by atoms with Crippen molar-refractivity contribution in [2.75, 3.05) is 13.2 Å². The molecule has 5 rings (SSSR count).